The lowest BCUT2D eigenvalue weighted by Gasteiger charge is -2.37. The molecular weight excluding hydrogens is 503 g/mol. The van der Waals surface area contributed by atoms with Crippen LogP contribution in [0.5, 0.6) is 5.75 Å². The van der Waals surface area contributed by atoms with Gasteiger partial charge in [-0.15, -0.1) is 0 Å². The summed E-state index contributed by atoms with van der Waals surface area (Å²) >= 11 is 0. The number of nitrogen functional groups attached to an aromatic ring is 1. The molecule has 0 aliphatic heterocycles. The third-order valence-electron chi connectivity index (χ3n) is 6.88. The van der Waals surface area contributed by atoms with Crippen LogP contribution in [0.15, 0.2) is 48.5 Å². The van der Waals surface area contributed by atoms with Crippen LogP contribution in [0, 0.1) is 0 Å². The van der Waals surface area contributed by atoms with E-state index in [1.807, 2.05) is 0 Å². The molecule has 2 aromatic carbocycles. The van der Waals surface area contributed by atoms with Crippen LogP contribution < -0.4 is 21.5 Å². The molecule has 0 spiro atoms. The third kappa shape index (κ3) is 5.17. The van der Waals surface area contributed by atoms with Crippen LogP contribution in [-0.2, 0) is 6.54 Å². The number of rotatable bonds is 7. The molecule has 0 saturated heterocycles. The number of ether oxygens (including phenoxy) is 1. The number of amides is 2. The maximum atomic E-state index is 13.2. The number of nitrogens with one attached hydrogen (secondary N) is 1. The Morgan fingerprint density at radius 1 is 1.16 bits per heavy atom. The van der Waals surface area contributed by atoms with E-state index in [2.05, 4.69) is 10.4 Å². The van der Waals surface area contributed by atoms with Crippen LogP contribution in [0.3, 0.4) is 0 Å². The Kier molecular flexibility index (Phi) is 7.36. The quantitative estimate of drug-likeness (QED) is 0.367. The summed E-state index contributed by atoms with van der Waals surface area (Å²) in [7, 11) is 1.48. The van der Waals surface area contributed by atoms with Crippen molar-refractivity contribution in [3.63, 3.8) is 0 Å². The van der Waals surface area contributed by atoms with Crippen molar-refractivity contribution in [1.29, 1.82) is 0 Å². The Labute approximate surface area is 216 Å². The van der Waals surface area contributed by atoms with Gasteiger partial charge in [0.05, 0.1) is 18.7 Å². The SMILES string of the molecule is COc1ccccc1C(=O)NCc1ccc(-c2nn(C3CCC(O)(C(F)(F)F)CC3)c(N)c2C(N)=O)cc1. The summed E-state index contributed by atoms with van der Waals surface area (Å²) < 4.78 is 46.1. The van der Waals surface area contributed by atoms with E-state index in [1.54, 1.807) is 48.5 Å². The summed E-state index contributed by atoms with van der Waals surface area (Å²) in [5, 5.41) is 17.2. The number of aliphatic hydroxyl groups is 1. The van der Waals surface area contributed by atoms with Gasteiger partial charge in [-0.2, -0.15) is 18.3 Å². The van der Waals surface area contributed by atoms with Gasteiger partial charge >= 0.3 is 6.18 Å². The number of carbonyl (C=O) groups is 2. The van der Waals surface area contributed by atoms with E-state index >= 15 is 0 Å². The van der Waals surface area contributed by atoms with Gasteiger partial charge < -0.3 is 26.6 Å². The Hall–Kier alpha value is -4.06. The van der Waals surface area contributed by atoms with Gasteiger partial charge in [0, 0.05) is 12.1 Å². The van der Waals surface area contributed by atoms with Crippen molar-refractivity contribution in [3.8, 4) is 17.0 Å². The number of carbonyl (C=O) groups excluding carboxylic acids is 2. The fourth-order valence-electron chi connectivity index (χ4n) is 4.67. The highest BCUT2D eigenvalue weighted by atomic mass is 19.4. The van der Waals surface area contributed by atoms with Crippen LogP contribution in [0.25, 0.3) is 11.3 Å². The molecule has 0 radical (unpaired) electrons. The molecule has 1 aliphatic carbocycles. The summed E-state index contributed by atoms with van der Waals surface area (Å²) in [6.07, 6.45) is -5.78. The number of halogens is 3. The molecule has 1 fully saturated rings. The van der Waals surface area contributed by atoms with Crippen molar-refractivity contribution in [2.75, 3.05) is 12.8 Å². The maximum absolute atomic E-state index is 13.2. The molecule has 4 rings (SSSR count). The van der Waals surface area contributed by atoms with Gasteiger partial charge in [0.25, 0.3) is 11.8 Å². The zero-order valence-corrected chi connectivity index (χ0v) is 20.6. The molecular formula is C26H28F3N5O4. The van der Waals surface area contributed by atoms with Crippen molar-refractivity contribution in [3.05, 3.63) is 65.2 Å². The second kappa shape index (κ2) is 10.4. The van der Waals surface area contributed by atoms with Crippen molar-refractivity contribution in [2.24, 2.45) is 5.73 Å². The number of para-hydroxylation sites is 1. The van der Waals surface area contributed by atoms with E-state index in [1.165, 1.54) is 11.8 Å². The Balaban J connectivity index is 1.51. The molecule has 12 heteroatoms. The fourth-order valence-corrected chi connectivity index (χ4v) is 4.67. The summed E-state index contributed by atoms with van der Waals surface area (Å²) in [4.78, 5) is 24.8. The van der Waals surface area contributed by atoms with Gasteiger partial charge in [0.1, 0.15) is 22.8 Å². The van der Waals surface area contributed by atoms with E-state index in [4.69, 9.17) is 16.2 Å². The van der Waals surface area contributed by atoms with E-state index in [0.29, 0.717) is 16.9 Å². The predicted octanol–water partition coefficient (Wildman–Crippen LogP) is 3.58. The fraction of sp³-hybridized carbons (Fsp3) is 0.346. The van der Waals surface area contributed by atoms with Gasteiger partial charge in [-0.25, -0.2) is 4.68 Å². The number of primary amides is 1. The summed E-state index contributed by atoms with van der Waals surface area (Å²) in [5.74, 6) is -0.713. The summed E-state index contributed by atoms with van der Waals surface area (Å²) in [6, 6.07) is 13.2. The van der Waals surface area contributed by atoms with Crippen molar-refractivity contribution in [2.45, 2.75) is 50.0 Å². The number of aromatic nitrogens is 2. The van der Waals surface area contributed by atoms with Gasteiger partial charge in [-0.3, -0.25) is 9.59 Å². The molecule has 1 aliphatic rings. The maximum Gasteiger partial charge on any atom is 0.417 e. The van der Waals surface area contributed by atoms with E-state index in [9.17, 15) is 27.9 Å². The minimum absolute atomic E-state index is 0.0234. The Bertz CT molecular complexity index is 1330. The molecule has 2 amide bonds. The van der Waals surface area contributed by atoms with Crippen molar-refractivity contribution >= 4 is 17.6 Å². The Morgan fingerprint density at radius 3 is 2.37 bits per heavy atom. The normalized spacial score (nSPS) is 19.7. The highest BCUT2D eigenvalue weighted by Crippen LogP contribution is 2.45. The molecule has 1 aromatic heterocycles. The number of hydrogen-bond donors (Lipinski definition) is 4. The van der Waals surface area contributed by atoms with Crippen LogP contribution in [-0.4, -0.2) is 45.6 Å². The zero-order chi connectivity index (χ0) is 27.7. The molecule has 6 N–H and O–H groups in total. The van der Waals surface area contributed by atoms with Gasteiger partial charge in [-0.05, 0) is 43.4 Å². The average Bonchev–Trinajstić information content (AvgIpc) is 3.24. The molecule has 0 atom stereocenters. The molecule has 3 aromatic rings. The number of nitrogens with two attached hydrogens (primary N) is 2. The third-order valence-corrected chi connectivity index (χ3v) is 6.88. The number of benzene rings is 2. The smallest absolute Gasteiger partial charge is 0.417 e. The molecule has 1 heterocycles. The van der Waals surface area contributed by atoms with Crippen LogP contribution in [0.2, 0.25) is 0 Å². The second-order valence-electron chi connectivity index (χ2n) is 9.26. The molecule has 0 unspecified atom stereocenters. The average molecular weight is 532 g/mol. The monoisotopic (exact) mass is 531 g/mol. The lowest BCUT2D eigenvalue weighted by Crippen LogP contribution is -2.48. The van der Waals surface area contributed by atoms with Gasteiger partial charge in [-0.1, -0.05) is 36.4 Å². The first-order valence-corrected chi connectivity index (χ1v) is 11.9. The number of methoxy groups -OCH3 is 1. The first-order chi connectivity index (χ1) is 17.9. The molecule has 202 valence electrons. The van der Waals surface area contributed by atoms with Crippen molar-refractivity contribution < 1.29 is 32.6 Å². The summed E-state index contributed by atoms with van der Waals surface area (Å²) in [5.41, 5.74) is 10.8. The van der Waals surface area contributed by atoms with Crippen molar-refractivity contribution in [1.82, 2.24) is 15.1 Å². The highest BCUT2D eigenvalue weighted by Gasteiger charge is 2.55. The summed E-state index contributed by atoms with van der Waals surface area (Å²) in [6.45, 7) is 0.223. The van der Waals surface area contributed by atoms with E-state index in [0.717, 1.165) is 5.56 Å². The molecule has 1 saturated carbocycles. The van der Waals surface area contributed by atoms with Gasteiger partial charge in [0.2, 0.25) is 0 Å². The minimum atomic E-state index is -4.73. The zero-order valence-electron chi connectivity index (χ0n) is 20.6. The van der Waals surface area contributed by atoms with Crippen LogP contribution in [0.1, 0.15) is 58.0 Å². The van der Waals surface area contributed by atoms with E-state index in [-0.39, 0.29) is 42.4 Å². The lowest BCUT2D eigenvalue weighted by molar-refractivity contribution is -0.271. The predicted molar refractivity (Wildman–Crippen MR) is 133 cm³/mol. The largest absolute Gasteiger partial charge is 0.496 e. The number of alkyl halides is 3. The second-order valence-corrected chi connectivity index (χ2v) is 9.26. The number of hydrogen-bond acceptors (Lipinski definition) is 6. The van der Waals surface area contributed by atoms with Crippen LogP contribution >= 0.6 is 0 Å². The Morgan fingerprint density at radius 2 is 1.79 bits per heavy atom. The molecule has 38 heavy (non-hydrogen) atoms. The topological polar surface area (TPSA) is 145 Å². The van der Waals surface area contributed by atoms with Gasteiger partial charge in [0.15, 0.2) is 5.60 Å². The highest BCUT2D eigenvalue weighted by molar-refractivity contribution is 6.03. The molecule has 9 nitrogen and oxygen atoms in total. The molecule has 0 bridgehead atoms. The first kappa shape index (κ1) is 27.0. The van der Waals surface area contributed by atoms with E-state index < -0.39 is 36.6 Å². The number of anilines is 1. The number of nitrogens with zero attached hydrogens (tertiary/aromatic N) is 2. The standard InChI is InChI=1S/C26H28F3N5O4/c1-38-19-5-3-2-4-18(19)24(36)32-14-15-6-8-16(9-7-15)21-20(23(31)35)22(30)34(33-21)17-10-12-25(37,13-11-17)26(27,28)29/h2-9,17,37H,10-14,30H2,1H3,(H2,31,35)(H,32,36). The minimum Gasteiger partial charge on any atom is -0.496 e. The first-order valence-electron chi connectivity index (χ1n) is 11.9. The lowest BCUT2D eigenvalue weighted by atomic mass is 9.81. The van der Waals surface area contributed by atoms with Crippen LogP contribution in [0.4, 0.5) is 19.0 Å².